The number of anilines is 2. The Hall–Kier alpha value is -2.91. The number of sulfonamides is 1. The first-order chi connectivity index (χ1) is 14.0. The fourth-order valence-corrected chi connectivity index (χ4v) is 4.56. The lowest BCUT2D eigenvalue weighted by molar-refractivity contribution is -0.122. The Morgan fingerprint density at radius 1 is 1.17 bits per heavy atom. The van der Waals surface area contributed by atoms with Gasteiger partial charge in [-0.15, -0.1) is 0 Å². The molecule has 0 aromatic heterocycles. The second kappa shape index (κ2) is 8.08. The molecule has 0 saturated heterocycles. The van der Waals surface area contributed by atoms with E-state index in [1.807, 2.05) is 26.0 Å². The fourth-order valence-electron chi connectivity index (χ4n) is 3.22. The summed E-state index contributed by atoms with van der Waals surface area (Å²) < 4.78 is 32.7. The predicted molar refractivity (Wildman–Crippen MR) is 114 cm³/mol. The highest BCUT2D eigenvalue weighted by atomic mass is 32.2. The maximum atomic E-state index is 13.1. The van der Waals surface area contributed by atoms with Gasteiger partial charge in [0.1, 0.15) is 5.75 Å². The number of nitrogens with zero attached hydrogens (tertiary/aromatic N) is 1. The molecule has 2 aromatic carbocycles. The zero-order valence-corrected chi connectivity index (χ0v) is 18.4. The quantitative estimate of drug-likeness (QED) is 0.757. The standard InChI is InChI=1S/C21H25N3O5S/c1-12-6-7-16(13(2)8-12)22-20(25)11-24(5)30(27,28)19-10-18-17(9-14(19)3)23-21(26)15(4)29-18/h6-10,15H,11H2,1-5H3,(H,22,25)(H,23,26)/t15-/m0/s1. The molecular formula is C21H25N3O5S. The lowest BCUT2D eigenvalue weighted by Gasteiger charge is -2.25. The van der Waals surface area contributed by atoms with Crippen molar-refractivity contribution in [1.82, 2.24) is 4.31 Å². The van der Waals surface area contributed by atoms with Crippen LogP contribution < -0.4 is 15.4 Å². The minimum Gasteiger partial charge on any atom is -0.479 e. The zero-order valence-electron chi connectivity index (χ0n) is 17.6. The molecule has 1 aliphatic rings. The molecule has 0 unspecified atom stereocenters. The number of benzene rings is 2. The summed E-state index contributed by atoms with van der Waals surface area (Å²) in [7, 11) is -2.61. The highest BCUT2D eigenvalue weighted by molar-refractivity contribution is 7.89. The second-order valence-electron chi connectivity index (χ2n) is 7.49. The van der Waals surface area contributed by atoms with Crippen LogP contribution in [0, 0.1) is 20.8 Å². The van der Waals surface area contributed by atoms with Crippen LogP contribution in [-0.4, -0.2) is 44.2 Å². The molecule has 0 fully saturated rings. The van der Waals surface area contributed by atoms with Crippen LogP contribution in [-0.2, 0) is 19.6 Å². The predicted octanol–water partition coefficient (Wildman–Crippen LogP) is 2.59. The number of hydrogen-bond acceptors (Lipinski definition) is 5. The number of aryl methyl sites for hydroxylation is 3. The molecule has 0 radical (unpaired) electrons. The first-order valence-electron chi connectivity index (χ1n) is 9.44. The summed E-state index contributed by atoms with van der Waals surface area (Å²) in [6.45, 7) is 6.69. The molecule has 30 heavy (non-hydrogen) atoms. The van der Waals surface area contributed by atoms with Crippen LogP contribution in [0.5, 0.6) is 5.75 Å². The molecule has 0 saturated carbocycles. The highest BCUT2D eigenvalue weighted by Crippen LogP contribution is 2.35. The Kier molecular flexibility index (Phi) is 5.87. The van der Waals surface area contributed by atoms with Crippen molar-refractivity contribution in [2.75, 3.05) is 24.2 Å². The van der Waals surface area contributed by atoms with Crippen LogP contribution in [0.2, 0.25) is 0 Å². The molecule has 9 heteroatoms. The van der Waals surface area contributed by atoms with Crippen LogP contribution in [0.4, 0.5) is 11.4 Å². The summed E-state index contributed by atoms with van der Waals surface area (Å²) in [6.07, 6.45) is -0.725. The molecule has 2 aromatic rings. The van der Waals surface area contributed by atoms with Gasteiger partial charge in [0.15, 0.2) is 6.10 Å². The first kappa shape index (κ1) is 21.8. The summed E-state index contributed by atoms with van der Waals surface area (Å²) in [5.74, 6) is -0.460. The Morgan fingerprint density at radius 3 is 2.53 bits per heavy atom. The number of ether oxygens (including phenoxy) is 1. The third-order valence-electron chi connectivity index (χ3n) is 4.92. The molecule has 2 amide bonds. The van der Waals surface area contributed by atoms with Crippen molar-refractivity contribution in [1.29, 1.82) is 0 Å². The largest absolute Gasteiger partial charge is 0.479 e. The van der Waals surface area contributed by atoms with Crippen molar-refractivity contribution in [3.05, 3.63) is 47.0 Å². The normalized spacial score (nSPS) is 15.9. The molecule has 1 heterocycles. The molecule has 0 aliphatic carbocycles. The van der Waals surface area contributed by atoms with Crippen LogP contribution >= 0.6 is 0 Å². The molecule has 1 aliphatic heterocycles. The summed E-state index contributed by atoms with van der Waals surface area (Å²) in [4.78, 5) is 24.2. The van der Waals surface area contributed by atoms with Gasteiger partial charge in [0.05, 0.1) is 17.1 Å². The lowest BCUT2D eigenvalue weighted by atomic mass is 10.1. The van der Waals surface area contributed by atoms with Gasteiger partial charge in [-0.05, 0) is 51.0 Å². The van der Waals surface area contributed by atoms with E-state index in [4.69, 9.17) is 4.74 Å². The van der Waals surface area contributed by atoms with Gasteiger partial charge in [-0.1, -0.05) is 17.7 Å². The third-order valence-corrected chi connectivity index (χ3v) is 6.86. The number of rotatable bonds is 5. The van der Waals surface area contributed by atoms with E-state index >= 15 is 0 Å². The van der Waals surface area contributed by atoms with Crippen LogP contribution in [0.15, 0.2) is 35.2 Å². The van der Waals surface area contributed by atoms with Gasteiger partial charge >= 0.3 is 0 Å². The molecule has 0 bridgehead atoms. The van der Waals surface area contributed by atoms with Crippen molar-refractivity contribution < 1.29 is 22.7 Å². The summed E-state index contributed by atoms with van der Waals surface area (Å²) in [6, 6.07) is 8.53. The van der Waals surface area contributed by atoms with Gasteiger partial charge in [0, 0.05) is 18.8 Å². The number of nitrogens with one attached hydrogen (secondary N) is 2. The molecule has 0 spiro atoms. The van der Waals surface area contributed by atoms with Crippen molar-refractivity contribution >= 4 is 33.2 Å². The van der Waals surface area contributed by atoms with Gasteiger partial charge in [-0.25, -0.2) is 8.42 Å². The molecule has 160 valence electrons. The van der Waals surface area contributed by atoms with Crippen molar-refractivity contribution in [3.63, 3.8) is 0 Å². The van der Waals surface area contributed by atoms with E-state index < -0.39 is 22.0 Å². The Bertz CT molecular complexity index is 1130. The molecule has 1 atom stereocenters. The highest BCUT2D eigenvalue weighted by Gasteiger charge is 2.30. The van der Waals surface area contributed by atoms with Gasteiger partial charge in [0.2, 0.25) is 15.9 Å². The lowest BCUT2D eigenvalue weighted by Crippen LogP contribution is -2.36. The van der Waals surface area contributed by atoms with Crippen LogP contribution in [0.1, 0.15) is 23.6 Å². The van der Waals surface area contributed by atoms with Crippen molar-refractivity contribution in [2.45, 2.75) is 38.7 Å². The Balaban J connectivity index is 1.80. The average Bonchev–Trinajstić information content (AvgIpc) is 2.64. The van der Waals surface area contributed by atoms with E-state index in [1.54, 1.807) is 26.0 Å². The third kappa shape index (κ3) is 4.31. The van der Waals surface area contributed by atoms with E-state index in [-0.39, 0.29) is 23.1 Å². The van der Waals surface area contributed by atoms with Gasteiger partial charge in [0.25, 0.3) is 5.91 Å². The number of fused-ring (bicyclic) bond motifs is 1. The van der Waals surface area contributed by atoms with E-state index in [1.165, 1.54) is 13.1 Å². The zero-order chi connectivity index (χ0) is 22.2. The smallest absolute Gasteiger partial charge is 0.265 e. The average molecular weight is 432 g/mol. The monoisotopic (exact) mass is 431 g/mol. The fraction of sp³-hybridized carbons (Fsp3) is 0.333. The number of carbonyl (C=O) groups excluding carboxylic acids is 2. The summed E-state index contributed by atoms with van der Waals surface area (Å²) >= 11 is 0. The Morgan fingerprint density at radius 2 is 1.87 bits per heavy atom. The van der Waals surface area contributed by atoms with Gasteiger partial charge in [-0.3, -0.25) is 9.59 Å². The minimum absolute atomic E-state index is 0.0198. The maximum Gasteiger partial charge on any atom is 0.265 e. The second-order valence-corrected chi connectivity index (χ2v) is 9.50. The van der Waals surface area contributed by atoms with E-state index in [2.05, 4.69) is 10.6 Å². The van der Waals surface area contributed by atoms with Crippen LogP contribution in [0.3, 0.4) is 0 Å². The number of carbonyl (C=O) groups is 2. The van der Waals surface area contributed by atoms with Crippen molar-refractivity contribution in [2.24, 2.45) is 0 Å². The van der Waals surface area contributed by atoms with Gasteiger partial charge in [-0.2, -0.15) is 4.31 Å². The summed E-state index contributed by atoms with van der Waals surface area (Å²) in [5.41, 5.74) is 3.46. The topological polar surface area (TPSA) is 105 Å². The number of likely N-dealkylation sites (N-methyl/N-ethyl adjacent to an activating group) is 1. The van der Waals surface area contributed by atoms with E-state index in [9.17, 15) is 18.0 Å². The minimum atomic E-state index is -3.96. The van der Waals surface area contributed by atoms with E-state index in [0.29, 0.717) is 16.9 Å². The van der Waals surface area contributed by atoms with Crippen LogP contribution in [0.25, 0.3) is 0 Å². The molecular weight excluding hydrogens is 406 g/mol. The van der Waals surface area contributed by atoms with Crippen molar-refractivity contribution in [3.8, 4) is 5.75 Å². The maximum absolute atomic E-state index is 13.1. The SMILES string of the molecule is Cc1ccc(NC(=O)CN(C)S(=O)(=O)c2cc3c(cc2C)NC(=O)[C@H](C)O3)c(C)c1. The molecule has 2 N–H and O–H groups in total. The number of amides is 2. The summed E-state index contributed by atoms with van der Waals surface area (Å²) in [5, 5.41) is 5.44. The Labute approximate surface area is 176 Å². The van der Waals surface area contributed by atoms with E-state index in [0.717, 1.165) is 15.4 Å². The number of hydrogen-bond donors (Lipinski definition) is 2. The van der Waals surface area contributed by atoms with Gasteiger partial charge < -0.3 is 15.4 Å². The molecule has 8 nitrogen and oxygen atoms in total. The first-order valence-corrected chi connectivity index (χ1v) is 10.9. The molecule has 3 rings (SSSR count).